The van der Waals surface area contributed by atoms with Crippen LogP contribution in [0.5, 0.6) is 0 Å². The maximum absolute atomic E-state index is 12.8. The minimum Gasteiger partial charge on any atom is -0.294 e. The van der Waals surface area contributed by atoms with Crippen molar-refractivity contribution >= 4 is 40.7 Å². The second kappa shape index (κ2) is 5.14. The van der Waals surface area contributed by atoms with Gasteiger partial charge in [-0.15, -0.1) is 23.1 Å². The first kappa shape index (κ1) is 13.8. The van der Waals surface area contributed by atoms with E-state index in [1.54, 1.807) is 28.0 Å². The number of rotatable bonds is 2. The highest BCUT2D eigenvalue weighted by atomic mass is 32.2. The summed E-state index contributed by atoms with van der Waals surface area (Å²) >= 11 is 3.29. The highest BCUT2D eigenvalue weighted by molar-refractivity contribution is 7.99. The predicted octanol–water partition coefficient (Wildman–Crippen LogP) is 3.64. The molecule has 0 saturated carbocycles. The number of anilines is 1. The van der Waals surface area contributed by atoms with E-state index < -0.39 is 0 Å². The van der Waals surface area contributed by atoms with Gasteiger partial charge in [0.2, 0.25) is 0 Å². The summed E-state index contributed by atoms with van der Waals surface area (Å²) in [5, 5.41) is 1.96. The zero-order chi connectivity index (χ0) is 15.3. The van der Waals surface area contributed by atoms with E-state index in [4.69, 9.17) is 0 Å². The molecule has 0 bridgehead atoms. The normalized spacial score (nSPS) is 24.2. The summed E-state index contributed by atoms with van der Waals surface area (Å²) in [6, 6.07) is 11.0. The fourth-order valence-electron chi connectivity index (χ4n) is 2.87. The second-order valence-corrected chi connectivity index (χ2v) is 7.51. The van der Waals surface area contributed by atoms with Crippen LogP contribution in [0, 0.1) is 6.92 Å². The van der Waals surface area contributed by atoms with Crippen molar-refractivity contribution in [3.8, 4) is 0 Å². The molecule has 2 aliphatic heterocycles. The summed E-state index contributed by atoms with van der Waals surface area (Å²) < 4.78 is 0. The number of benzene rings is 1. The first-order valence-electron chi connectivity index (χ1n) is 7.05. The number of thiophene rings is 1. The van der Waals surface area contributed by atoms with E-state index in [2.05, 4.69) is 0 Å². The number of fused-ring (bicyclic) bond motifs is 1. The van der Waals surface area contributed by atoms with Gasteiger partial charge >= 0.3 is 6.03 Å². The smallest absolute Gasteiger partial charge is 0.294 e. The molecule has 2 aliphatic rings. The van der Waals surface area contributed by atoms with Gasteiger partial charge in [0.25, 0.3) is 5.91 Å². The average molecular weight is 330 g/mol. The van der Waals surface area contributed by atoms with Crippen LogP contribution in [-0.2, 0) is 4.79 Å². The molecule has 0 N–H and O–H groups in total. The molecule has 2 aromatic rings. The van der Waals surface area contributed by atoms with Crippen LogP contribution in [0.25, 0.3) is 0 Å². The molecule has 1 unspecified atom stereocenters. The zero-order valence-corrected chi connectivity index (χ0v) is 13.6. The van der Waals surface area contributed by atoms with Gasteiger partial charge in [0.15, 0.2) is 0 Å². The molecule has 0 radical (unpaired) electrons. The Labute approximate surface area is 136 Å². The number of urea groups is 1. The largest absolute Gasteiger partial charge is 0.333 e. The Morgan fingerprint density at radius 3 is 2.59 bits per heavy atom. The van der Waals surface area contributed by atoms with E-state index in [0.29, 0.717) is 11.4 Å². The Morgan fingerprint density at radius 2 is 1.91 bits per heavy atom. The van der Waals surface area contributed by atoms with E-state index in [0.717, 1.165) is 10.4 Å². The van der Waals surface area contributed by atoms with Crippen LogP contribution in [-0.4, -0.2) is 28.6 Å². The number of carbonyl (C=O) groups is 2. The predicted molar refractivity (Wildman–Crippen MR) is 89.2 cm³/mol. The molecule has 112 valence electrons. The third-order valence-corrected chi connectivity index (χ3v) is 6.38. The molecular weight excluding hydrogens is 316 g/mol. The molecule has 3 amide bonds. The molecule has 0 aliphatic carbocycles. The van der Waals surface area contributed by atoms with Gasteiger partial charge in [-0.3, -0.25) is 9.69 Å². The van der Waals surface area contributed by atoms with Gasteiger partial charge in [0.05, 0.1) is 5.69 Å². The number of hydrogen-bond acceptors (Lipinski definition) is 4. The van der Waals surface area contributed by atoms with Gasteiger partial charge in [-0.2, -0.15) is 0 Å². The third-order valence-electron chi connectivity index (χ3n) is 4.00. The summed E-state index contributed by atoms with van der Waals surface area (Å²) in [4.78, 5) is 29.6. The molecule has 2 saturated heterocycles. The molecule has 22 heavy (non-hydrogen) atoms. The number of imide groups is 1. The zero-order valence-electron chi connectivity index (χ0n) is 11.9. The molecule has 4 rings (SSSR count). The van der Waals surface area contributed by atoms with Crippen LogP contribution in [0.3, 0.4) is 0 Å². The Balaban J connectivity index is 1.69. The number of nitrogens with zero attached hydrogens (tertiary/aromatic N) is 2. The summed E-state index contributed by atoms with van der Waals surface area (Å²) in [5.41, 5.74) is 1.76. The SMILES string of the molecule is Cc1ccc(N2C(=O)[C@@H]3CSC(c4cccs4)N3C2=O)cc1. The summed E-state index contributed by atoms with van der Waals surface area (Å²) in [6.45, 7) is 1.99. The van der Waals surface area contributed by atoms with Gasteiger partial charge in [-0.05, 0) is 30.5 Å². The lowest BCUT2D eigenvalue weighted by atomic mass is 10.2. The Kier molecular flexibility index (Phi) is 3.23. The first-order valence-corrected chi connectivity index (χ1v) is 8.97. The molecule has 0 spiro atoms. The number of amides is 3. The molecular formula is C16H14N2O2S2. The Bertz CT molecular complexity index is 727. The highest BCUT2D eigenvalue weighted by Crippen LogP contribution is 2.47. The van der Waals surface area contributed by atoms with Gasteiger partial charge in [0.1, 0.15) is 11.4 Å². The van der Waals surface area contributed by atoms with Crippen molar-refractivity contribution < 1.29 is 9.59 Å². The molecule has 2 fully saturated rings. The quantitative estimate of drug-likeness (QED) is 0.789. The van der Waals surface area contributed by atoms with Crippen molar-refractivity contribution in [2.24, 2.45) is 0 Å². The van der Waals surface area contributed by atoms with Crippen molar-refractivity contribution in [2.45, 2.75) is 18.3 Å². The maximum Gasteiger partial charge on any atom is 0.333 e. The highest BCUT2D eigenvalue weighted by Gasteiger charge is 2.53. The van der Waals surface area contributed by atoms with Crippen LogP contribution in [0.2, 0.25) is 0 Å². The van der Waals surface area contributed by atoms with Crippen molar-refractivity contribution in [1.29, 1.82) is 0 Å². The van der Waals surface area contributed by atoms with Crippen LogP contribution in [0.1, 0.15) is 15.8 Å². The lowest BCUT2D eigenvalue weighted by Crippen LogP contribution is -2.33. The summed E-state index contributed by atoms with van der Waals surface area (Å²) in [6.07, 6.45) is 0. The van der Waals surface area contributed by atoms with E-state index in [-0.39, 0.29) is 23.4 Å². The number of aryl methyl sites for hydroxylation is 1. The Hall–Kier alpha value is -1.79. The van der Waals surface area contributed by atoms with E-state index in [1.807, 2.05) is 48.7 Å². The van der Waals surface area contributed by atoms with Crippen molar-refractivity contribution in [3.05, 3.63) is 52.2 Å². The maximum atomic E-state index is 12.8. The minimum absolute atomic E-state index is 0.0445. The lowest BCUT2D eigenvalue weighted by Gasteiger charge is -2.21. The monoisotopic (exact) mass is 330 g/mol. The fourth-order valence-corrected chi connectivity index (χ4v) is 5.25. The third kappa shape index (κ3) is 1.98. The lowest BCUT2D eigenvalue weighted by molar-refractivity contribution is -0.119. The van der Waals surface area contributed by atoms with Crippen molar-refractivity contribution in [3.63, 3.8) is 0 Å². The van der Waals surface area contributed by atoms with Gasteiger partial charge in [-0.1, -0.05) is 23.8 Å². The minimum atomic E-state index is -0.342. The van der Waals surface area contributed by atoms with E-state index in [9.17, 15) is 9.59 Å². The summed E-state index contributed by atoms with van der Waals surface area (Å²) in [7, 11) is 0. The molecule has 3 heterocycles. The molecule has 4 nitrogen and oxygen atoms in total. The topological polar surface area (TPSA) is 40.6 Å². The standard InChI is InChI=1S/C16H14N2O2S2/c1-10-4-6-11(7-5-10)17-14(19)12-9-22-15(18(12)16(17)20)13-3-2-8-21-13/h2-8,12,15H,9H2,1H3/t12-,15?/m0/s1. The Morgan fingerprint density at radius 1 is 1.14 bits per heavy atom. The van der Waals surface area contributed by atoms with Gasteiger partial charge in [-0.25, -0.2) is 9.69 Å². The number of thioether (sulfide) groups is 1. The van der Waals surface area contributed by atoms with Crippen molar-refractivity contribution in [2.75, 3.05) is 10.7 Å². The van der Waals surface area contributed by atoms with Crippen LogP contribution in [0.15, 0.2) is 41.8 Å². The van der Waals surface area contributed by atoms with Gasteiger partial charge < -0.3 is 0 Å². The molecule has 1 aromatic heterocycles. The first-order chi connectivity index (χ1) is 10.7. The van der Waals surface area contributed by atoms with Crippen molar-refractivity contribution in [1.82, 2.24) is 4.90 Å². The second-order valence-electron chi connectivity index (χ2n) is 5.42. The molecule has 6 heteroatoms. The molecule has 2 atom stereocenters. The van der Waals surface area contributed by atoms with Crippen LogP contribution >= 0.6 is 23.1 Å². The summed E-state index contributed by atoms with van der Waals surface area (Å²) in [5.74, 6) is 0.551. The van der Waals surface area contributed by atoms with Gasteiger partial charge in [0, 0.05) is 10.6 Å². The van der Waals surface area contributed by atoms with E-state index in [1.165, 1.54) is 4.90 Å². The van der Waals surface area contributed by atoms with Crippen LogP contribution in [0.4, 0.5) is 10.5 Å². The average Bonchev–Trinajstić information content (AvgIpc) is 3.21. The van der Waals surface area contributed by atoms with Crippen LogP contribution < -0.4 is 4.90 Å². The number of carbonyl (C=O) groups excluding carboxylic acids is 2. The van der Waals surface area contributed by atoms with E-state index >= 15 is 0 Å². The molecule has 1 aromatic carbocycles. The fraction of sp³-hybridized carbons (Fsp3) is 0.250. The number of hydrogen-bond donors (Lipinski definition) is 0.